The van der Waals surface area contributed by atoms with Crippen LogP contribution >= 0.6 is 0 Å². The Morgan fingerprint density at radius 3 is 1.82 bits per heavy atom. The average molecular weight is 447 g/mol. The maximum Gasteiger partial charge on any atom is 0.159 e. The van der Waals surface area contributed by atoms with Gasteiger partial charge in [0.1, 0.15) is 5.82 Å². The van der Waals surface area contributed by atoms with Crippen LogP contribution in [0.5, 0.6) is 0 Å². The van der Waals surface area contributed by atoms with Crippen molar-refractivity contribution in [1.82, 2.24) is 9.97 Å². The minimum Gasteiger partial charge on any atom is -0.236 e. The number of aryl methyl sites for hydroxylation is 2. The van der Waals surface area contributed by atoms with E-state index in [0.29, 0.717) is 5.56 Å². The van der Waals surface area contributed by atoms with Crippen molar-refractivity contribution in [3.8, 4) is 22.5 Å². The fraction of sp³-hybridized carbons (Fsp3) is 0.467. The lowest BCUT2D eigenvalue weighted by Gasteiger charge is -2.08. The predicted octanol–water partition coefficient (Wildman–Crippen LogP) is 8.98. The molecule has 0 bridgehead atoms. The number of halogens is 1. The van der Waals surface area contributed by atoms with Crippen molar-refractivity contribution in [2.45, 2.75) is 90.9 Å². The van der Waals surface area contributed by atoms with Gasteiger partial charge in [-0.1, -0.05) is 102 Å². The van der Waals surface area contributed by atoms with Crippen molar-refractivity contribution in [3.63, 3.8) is 0 Å². The molecule has 1 heterocycles. The van der Waals surface area contributed by atoms with Gasteiger partial charge in [0.15, 0.2) is 5.82 Å². The van der Waals surface area contributed by atoms with E-state index >= 15 is 0 Å². The number of hydrogen-bond donors (Lipinski definition) is 0. The van der Waals surface area contributed by atoms with Crippen molar-refractivity contribution in [2.75, 3.05) is 0 Å². The van der Waals surface area contributed by atoms with E-state index in [1.54, 1.807) is 6.07 Å². The van der Waals surface area contributed by atoms with Gasteiger partial charge in [0.25, 0.3) is 0 Å². The Balaban J connectivity index is 1.53. The zero-order valence-electron chi connectivity index (χ0n) is 20.5. The molecule has 3 aromatic rings. The lowest BCUT2D eigenvalue weighted by atomic mass is 9.99. The molecular weight excluding hydrogens is 407 g/mol. The lowest BCUT2D eigenvalue weighted by molar-refractivity contribution is 0.589. The first-order valence-electron chi connectivity index (χ1n) is 12.9. The number of hydrogen-bond acceptors (Lipinski definition) is 2. The highest BCUT2D eigenvalue weighted by molar-refractivity contribution is 5.68. The molecule has 0 aliphatic rings. The van der Waals surface area contributed by atoms with Crippen LogP contribution in [0.3, 0.4) is 0 Å². The van der Waals surface area contributed by atoms with Crippen LogP contribution in [0.25, 0.3) is 22.5 Å². The maximum atomic E-state index is 14.7. The fourth-order valence-corrected chi connectivity index (χ4v) is 4.25. The Labute approximate surface area is 199 Å². The molecule has 0 saturated carbocycles. The summed E-state index contributed by atoms with van der Waals surface area (Å²) in [7, 11) is 0. The third-order valence-electron chi connectivity index (χ3n) is 6.33. The van der Waals surface area contributed by atoms with Crippen molar-refractivity contribution >= 4 is 0 Å². The normalized spacial score (nSPS) is 11.1. The zero-order valence-corrected chi connectivity index (χ0v) is 20.5. The molecule has 0 amide bonds. The predicted molar refractivity (Wildman–Crippen MR) is 138 cm³/mol. The van der Waals surface area contributed by atoms with Gasteiger partial charge in [0, 0.05) is 23.5 Å². The molecule has 0 radical (unpaired) electrons. The highest BCUT2D eigenvalue weighted by atomic mass is 19.1. The molecular formula is C30H39FN2. The van der Waals surface area contributed by atoms with Gasteiger partial charge >= 0.3 is 0 Å². The Hall–Kier alpha value is -2.55. The van der Waals surface area contributed by atoms with E-state index in [-0.39, 0.29) is 5.82 Å². The molecule has 0 atom stereocenters. The minimum absolute atomic E-state index is 0.150. The molecule has 3 rings (SSSR count). The van der Waals surface area contributed by atoms with Crippen molar-refractivity contribution in [3.05, 3.63) is 71.8 Å². The molecule has 33 heavy (non-hydrogen) atoms. The van der Waals surface area contributed by atoms with E-state index < -0.39 is 0 Å². The second-order valence-electron chi connectivity index (χ2n) is 9.13. The summed E-state index contributed by atoms with van der Waals surface area (Å²) in [5.41, 5.74) is 4.76. The number of aromatic nitrogens is 2. The Morgan fingerprint density at radius 2 is 1.15 bits per heavy atom. The molecule has 2 nitrogen and oxygen atoms in total. The minimum atomic E-state index is -0.150. The second kappa shape index (κ2) is 13.9. The van der Waals surface area contributed by atoms with Crippen LogP contribution in [0.2, 0.25) is 0 Å². The SMILES string of the molecule is CCCCCCCCCc1cnc(-c2ccc(-c3ccc(CCCCC)cc3F)cc2)nc1. The fourth-order valence-electron chi connectivity index (χ4n) is 4.25. The molecule has 2 aromatic carbocycles. The van der Waals surface area contributed by atoms with Gasteiger partial charge in [-0.05, 0) is 48.4 Å². The standard InChI is InChI=1S/C30H39FN2/c1-3-5-7-8-9-10-12-14-25-22-32-30(33-23-25)27-18-16-26(17-19-27)28-20-15-24(21-29(28)31)13-11-6-4-2/h15-23H,3-14H2,1-2H3. The summed E-state index contributed by atoms with van der Waals surface area (Å²) in [5.74, 6) is 0.569. The summed E-state index contributed by atoms with van der Waals surface area (Å²) >= 11 is 0. The number of benzene rings is 2. The first kappa shape index (κ1) is 25.1. The number of unbranched alkanes of at least 4 members (excludes halogenated alkanes) is 8. The monoisotopic (exact) mass is 446 g/mol. The molecule has 0 unspecified atom stereocenters. The first-order chi connectivity index (χ1) is 16.2. The van der Waals surface area contributed by atoms with Gasteiger partial charge in [-0.2, -0.15) is 0 Å². The van der Waals surface area contributed by atoms with Crippen LogP contribution in [-0.4, -0.2) is 9.97 Å². The summed E-state index contributed by atoms with van der Waals surface area (Å²) in [6, 6.07) is 13.5. The van der Waals surface area contributed by atoms with Gasteiger partial charge in [0.2, 0.25) is 0 Å². The summed E-state index contributed by atoms with van der Waals surface area (Å²) in [6.07, 6.45) is 18.5. The Kier molecular flexibility index (Phi) is 10.5. The van der Waals surface area contributed by atoms with Crippen LogP contribution in [0.4, 0.5) is 4.39 Å². The van der Waals surface area contributed by atoms with E-state index in [2.05, 4.69) is 29.9 Å². The molecule has 0 saturated heterocycles. The van der Waals surface area contributed by atoms with Gasteiger partial charge in [0.05, 0.1) is 0 Å². The van der Waals surface area contributed by atoms with E-state index in [1.807, 2.05) is 42.7 Å². The van der Waals surface area contributed by atoms with E-state index in [9.17, 15) is 4.39 Å². The van der Waals surface area contributed by atoms with Gasteiger partial charge in [-0.25, -0.2) is 14.4 Å². The average Bonchev–Trinajstić information content (AvgIpc) is 2.84. The van der Waals surface area contributed by atoms with E-state index in [1.165, 1.54) is 63.4 Å². The first-order valence-corrected chi connectivity index (χ1v) is 12.9. The van der Waals surface area contributed by atoms with E-state index in [0.717, 1.165) is 41.8 Å². The quantitative estimate of drug-likeness (QED) is 0.231. The summed E-state index contributed by atoms with van der Waals surface area (Å²) in [5, 5.41) is 0. The lowest BCUT2D eigenvalue weighted by Crippen LogP contribution is -1.94. The Morgan fingerprint density at radius 1 is 0.606 bits per heavy atom. The van der Waals surface area contributed by atoms with Crippen LogP contribution in [0, 0.1) is 5.82 Å². The molecule has 0 spiro atoms. The highest BCUT2D eigenvalue weighted by Crippen LogP contribution is 2.26. The second-order valence-corrected chi connectivity index (χ2v) is 9.13. The molecule has 0 aliphatic carbocycles. The van der Waals surface area contributed by atoms with Crippen LogP contribution in [-0.2, 0) is 12.8 Å². The van der Waals surface area contributed by atoms with Crippen LogP contribution in [0.1, 0.15) is 89.2 Å². The molecule has 0 N–H and O–H groups in total. The van der Waals surface area contributed by atoms with Crippen molar-refractivity contribution < 1.29 is 4.39 Å². The molecule has 1 aromatic heterocycles. The van der Waals surface area contributed by atoms with Gasteiger partial charge in [-0.15, -0.1) is 0 Å². The Bertz CT molecular complexity index is 948. The van der Waals surface area contributed by atoms with Crippen molar-refractivity contribution in [1.29, 1.82) is 0 Å². The van der Waals surface area contributed by atoms with Crippen LogP contribution in [0.15, 0.2) is 54.9 Å². The molecule has 0 aliphatic heterocycles. The topological polar surface area (TPSA) is 25.8 Å². The summed E-state index contributed by atoms with van der Waals surface area (Å²) in [4.78, 5) is 9.14. The zero-order chi connectivity index (χ0) is 23.3. The third kappa shape index (κ3) is 8.07. The molecule has 0 fully saturated rings. The highest BCUT2D eigenvalue weighted by Gasteiger charge is 2.08. The third-order valence-corrected chi connectivity index (χ3v) is 6.33. The number of nitrogens with zero attached hydrogens (tertiary/aromatic N) is 2. The smallest absolute Gasteiger partial charge is 0.159 e. The number of rotatable bonds is 14. The van der Waals surface area contributed by atoms with Crippen LogP contribution < -0.4 is 0 Å². The van der Waals surface area contributed by atoms with Crippen molar-refractivity contribution in [2.24, 2.45) is 0 Å². The largest absolute Gasteiger partial charge is 0.236 e. The van der Waals surface area contributed by atoms with Gasteiger partial charge < -0.3 is 0 Å². The molecule has 3 heteroatoms. The van der Waals surface area contributed by atoms with E-state index in [4.69, 9.17) is 0 Å². The maximum absolute atomic E-state index is 14.7. The molecule has 176 valence electrons. The summed E-state index contributed by atoms with van der Waals surface area (Å²) in [6.45, 7) is 4.44. The van der Waals surface area contributed by atoms with Gasteiger partial charge in [-0.3, -0.25) is 0 Å². The summed E-state index contributed by atoms with van der Waals surface area (Å²) < 4.78 is 14.7.